The standard InChI is InChI=1S/C9H7N3O4/c1-2-6-3-8(11(13)14)7(5-10)9(4-6)12(15)16/h3-4H,2H2,1H3. The van der Waals surface area contributed by atoms with Gasteiger partial charge in [-0.3, -0.25) is 20.2 Å². The van der Waals surface area contributed by atoms with Crippen molar-refractivity contribution in [3.8, 4) is 6.07 Å². The van der Waals surface area contributed by atoms with Gasteiger partial charge in [-0.1, -0.05) is 6.92 Å². The SMILES string of the molecule is CCc1cc([N+](=O)[O-])c(C#N)c([N+](=O)[O-])c1. The van der Waals surface area contributed by atoms with Gasteiger partial charge in [0.15, 0.2) is 0 Å². The fraction of sp³-hybridized carbons (Fsp3) is 0.222. The second-order valence-corrected chi connectivity index (χ2v) is 2.99. The van der Waals surface area contributed by atoms with Crippen molar-refractivity contribution in [1.82, 2.24) is 0 Å². The number of nitrogens with zero attached hydrogens (tertiary/aromatic N) is 3. The Labute approximate surface area is 90.2 Å². The number of nitriles is 1. The van der Waals surface area contributed by atoms with Crippen molar-refractivity contribution in [2.75, 3.05) is 0 Å². The third kappa shape index (κ3) is 1.95. The molecule has 0 saturated carbocycles. The normalized spacial score (nSPS) is 9.50. The minimum absolute atomic E-state index is 0.424. The first-order valence-corrected chi connectivity index (χ1v) is 4.37. The van der Waals surface area contributed by atoms with E-state index >= 15 is 0 Å². The maximum atomic E-state index is 10.7. The van der Waals surface area contributed by atoms with E-state index in [9.17, 15) is 20.2 Å². The number of aryl methyl sites for hydroxylation is 1. The van der Waals surface area contributed by atoms with Crippen LogP contribution in [0.1, 0.15) is 18.1 Å². The van der Waals surface area contributed by atoms with E-state index in [1.54, 1.807) is 6.92 Å². The second kappa shape index (κ2) is 4.35. The lowest BCUT2D eigenvalue weighted by molar-refractivity contribution is -0.394. The summed E-state index contributed by atoms with van der Waals surface area (Å²) in [7, 11) is 0. The van der Waals surface area contributed by atoms with Crippen LogP contribution in [0.2, 0.25) is 0 Å². The molecule has 0 aliphatic carbocycles. The molecule has 0 unspecified atom stereocenters. The molecule has 0 radical (unpaired) electrons. The number of benzene rings is 1. The molecule has 0 saturated heterocycles. The summed E-state index contributed by atoms with van der Waals surface area (Å²) in [6.07, 6.45) is 0.424. The Bertz CT molecular complexity index is 469. The van der Waals surface area contributed by atoms with E-state index in [2.05, 4.69) is 0 Å². The first-order chi connectivity index (χ1) is 7.51. The van der Waals surface area contributed by atoms with E-state index in [-0.39, 0.29) is 0 Å². The van der Waals surface area contributed by atoms with Crippen LogP contribution in [0.4, 0.5) is 11.4 Å². The Hall–Kier alpha value is -2.49. The summed E-state index contributed by atoms with van der Waals surface area (Å²) < 4.78 is 0. The van der Waals surface area contributed by atoms with E-state index < -0.39 is 26.8 Å². The van der Waals surface area contributed by atoms with Crippen molar-refractivity contribution >= 4 is 11.4 Å². The predicted molar refractivity (Wildman–Crippen MR) is 53.8 cm³/mol. The van der Waals surface area contributed by atoms with E-state index in [0.717, 1.165) is 0 Å². The summed E-state index contributed by atoms with van der Waals surface area (Å²) >= 11 is 0. The fourth-order valence-electron chi connectivity index (χ4n) is 1.28. The molecule has 0 bridgehead atoms. The molecule has 0 aromatic heterocycles. The molecule has 0 amide bonds. The third-order valence-corrected chi connectivity index (χ3v) is 2.07. The van der Waals surface area contributed by atoms with Crippen LogP contribution in [0.5, 0.6) is 0 Å². The molecule has 0 aliphatic rings. The molecular formula is C9H7N3O4. The van der Waals surface area contributed by atoms with Crippen LogP contribution in [0, 0.1) is 31.6 Å². The highest BCUT2D eigenvalue weighted by molar-refractivity contribution is 5.62. The second-order valence-electron chi connectivity index (χ2n) is 2.99. The molecule has 1 aromatic rings. The molecule has 0 atom stereocenters. The summed E-state index contributed by atoms with van der Waals surface area (Å²) in [5.41, 5.74) is -1.09. The summed E-state index contributed by atoms with van der Waals surface area (Å²) in [4.78, 5) is 19.7. The summed E-state index contributed by atoms with van der Waals surface area (Å²) in [6.45, 7) is 1.72. The summed E-state index contributed by atoms with van der Waals surface area (Å²) in [6, 6.07) is 3.87. The highest BCUT2D eigenvalue weighted by atomic mass is 16.6. The number of nitro groups is 2. The molecule has 0 N–H and O–H groups in total. The molecule has 0 heterocycles. The quantitative estimate of drug-likeness (QED) is 0.572. The Morgan fingerprint density at radius 2 is 1.69 bits per heavy atom. The Morgan fingerprint density at radius 1 is 1.25 bits per heavy atom. The van der Waals surface area contributed by atoms with Crippen LogP contribution in [0.25, 0.3) is 0 Å². The zero-order valence-corrected chi connectivity index (χ0v) is 8.34. The Kier molecular flexibility index (Phi) is 3.15. The first-order valence-electron chi connectivity index (χ1n) is 4.37. The summed E-state index contributed by atoms with van der Waals surface area (Å²) in [5.74, 6) is 0. The molecular weight excluding hydrogens is 214 g/mol. The topological polar surface area (TPSA) is 110 Å². The van der Waals surface area contributed by atoms with Crippen LogP contribution in [0.3, 0.4) is 0 Å². The number of nitro benzene ring substituents is 2. The molecule has 0 fully saturated rings. The van der Waals surface area contributed by atoms with Crippen LogP contribution in [-0.2, 0) is 6.42 Å². The number of hydrogen-bond acceptors (Lipinski definition) is 5. The lowest BCUT2D eigenvalue weighted by atomic mass is 10.1. The maximum Gasteiger partial charge on any atom is 0.294 e. The third-order valence-electron chi connectivity index (χ3n) is 2.07. The van der Waals surface area contributed by atoms with Crippen molar-refractivity contribution in [3.05, 3.63) is 43.5 Å². The fourth-order valence-corrected chi connectivity index (χ4v) is 1.28. The van der Waals surface area contributed by atoms with E-state index in [1.807, 2.05) is 0 Å². The zero-order chi connectivity index (χ0) is 12.3. The van der Waals surface area contributed by atoms with Crippen molar-refractivity contribution in [2.45, 2.75) is 13.3 Å². The number of rotatable bonds is 3. The van der Waals surface area contributed by atoms with Crippen molar-refractivity contribution < 1.29 is 9.85 Å². The van der Waals surface area contributed by atoms with Crippen molar-refractivity contribution in [1.29, 1.82) is 5.26 Å². The minimum Gasteiger partial charge on any atom is -0.258 e. The lowest BCUT2D eigenvalue weighted by Gasteiger charge is -2.00. The molecule has 1 rings (SSSR count). The van der Waals surface area contributed by atoms with Gasteiger partial charge in [0.05, 0.1) is 9.85 Å². The van der Waals surface area contributed by atoms with Gasteiger partial charge in [0, 0.05) is 12.1 Å². The van der Waals surface area contributed by atoms with Gasteiger partial charge in [0.1, 0.15) is 6.07 Å². The predicted octanol–water partition coefficient (Wildman–Crippen LogP) is 1.94. The molecule has 7 nitrogen and oxygen atoms in total. The van der Waals surface area contributed by atoms with Gasteiger partial charge in [-0.25, -0.2) is 0 Å². The lowest BCUT2D eigenvalue weighted by Crippen LogP contribution is -2.00. The van der Waals surface area contributed by atoms with E-state index in [1.165, 1.54) is 18.2 Å². The van der Waals surface area contributed by atoms with Crippen LogP contribution in [-0.4, -0.2) is 9.85 Å². The zero-order valence-electron chi connectivity index (χ0n) is 8.34. The molecule has 82 valence electrons. The maximum absolute atomic E-state index is 10.7. The van der Waals surface area contributed by atoms with Crippen LogP contribution < -0.4 is 0 Å². The van der Waals surface area contributed by atoms with Crippen LogP contribution >= 0.6 is 0 Å². The van der Waals surface area contributed by atoms with Crippen molar-refractivity contribution in [3.63, 3.8) is 0 Å². The molecule has 16 heavy (non-hydrogen) atoms. The van der Waals surface area contributed by atoms with E-state index in [4.69, 9.17) is 5.26 Å². The number of hydrogen-bond donors (Lipinski definition) is 0. The largest absolute Gasteiger partial charge is 0.294 e. The van der Waals surface area contributed by atoms with Gasteiger partial charge >= 0.3 is 0 Å². The molecule has 7 heteroatoms. The monoisotopic (exact) mass is 221 g/mol. The van der Waals surface area contributed by atoms with Gasteiger partial charge in [-0.2, -0.15) is 5.26 Å². The average Bonchev–Trinajstić information content (AvgIpc) is 2.26. The highest BCUT2D eigenvalue weighted by Crippen LogP contribution is 2.29. The van der Waals surface area contributed by atoms with Gasteiger partial charge in [0.25, 0.3) is 11.4 Å². The van der Waals surface area contributed by atoms with Gasteiger partial charge in [-0.15, -0.1) is 0 Å². The Morgan fingerprint density at radius 3 is 1.94 bits per heavy atom. The van der Waals surface area contributed by atoms with Gasteiger partial charge < -0.3 is 0 Å². The van der Waals surface area contributed by atoms with Gasteiger partial charge in [0.2, 0.25) is 5.56 Å². The average molecular weight is 221 g/mol. The molecule has 0 spiro atoms. The Balaban J connectivity index is 3.61. The molecule has 1 aromatic carbocycles. The van der Waals surface area contributed by atoms with Crippen molar-refractivity contribution in [2.24, 2.45) is 0 Å². The minimum atomic E-state index is -0.787. The smallest absolute Gasteiger partial charge is 0.258 e. The summed E-state index contributed by atoms with van der Waals surface area (Å²) in [5, 5.41) is 30.0. The molecule has 0 aliphatic heterocycles. The highest BCUT2D eigenvalue weighted by Gasteiger charge is 2.26. The van der Waals surface area contributed by atoms with E-state index in [0.29, 0.717) is 12.0 Å². The van der Waals surface area contributed by atoms with Gasteiger partial charge in [-0.05, 0) is 12.0 Å². The van der Waals surface area contributed by atoms with Crippen LogP contribution in [0.15, 0.2) is 12.1 Å². The first kappa shape index (κ1) is 11.6.